The molecule has 2 aliphatic rings. The van der Waals surface area contributed by atoms with Gasteiger partial charge in [0.2, 0.25) is 0 Å². The number of carbonyl (C=O) groups is 2. The van der Waals surface area contributed by atoms with E-state index in [9.17, 15) is 9.59 Å². The Bertz CT molecular complexity index is 849. The third-order valence-corrected chi connectivity index (χ3v) is 5.63. The zero-order valence-corrected chi connectivity index (χ0v) is 16.1. The van der Waals surface area contributed by atoms with Crippen molar-refractivity contribution >= 4 is 17.6 Å². The van der Waals surface area contributed by atoms with E-state index in [4.69, 9.17) is 4.74 Å². The van der Waals surface area contributed by atoms with E-state index in [-0.39, 0.29) is 24.0 Å². The number of hydrogen-bond acceptors (Lipinski definition) is 4. The molecular formula is C21H26N4O3. The van der Waals surface area contributed by atoms with E-state index in [2.05, 4.69) is 10.4 Å². The first kappa shape index (κ1) is 18.7. The molecule has 1 atom stereocenters. The molecular weight excluding hydrogens is 356 g/mol. The summed E-state index contributed by atoms with van der Waals surface area (Å²) in [6.45, 7) is 3.99. The highest BCUT2D eigenvalue weighted by Crippen LogP contribution is 2.27. The number of benzene rings is 1. The summed E-state index contributed by atoms with van der Waals surface area (Å²) in [5.41, 5.74) is 1.60. The Kier molecular flexibility index (Phi) is 5.43. The Morgan fingerprint density at radius 2 is 1.93 bits per heavy atom. The Balaban J connectivity index is 1.39. The second-order valence-corrected chi connectivity index (χ2v) is 7.49. The molecule has 1 aromatic heterocycles. The zero-order valence-electron chi connectivity index (χ0n) is 16.1. The van der Waals surface area contributed by atoms with Crippen LogP contribution in [-0.4, -0.2) is 52.3 Å². The molecule has 7 heteroatoms. The Hall–Kier alpha value is -2.67. The minimum Gasteiger partial charge on any atom is -0.368 e. The normalized spacial score (nSPS) is 20.3. The maximum Gasteiger partial charge on any atom is 0.257 e. The molecule has 0 spiro atoms. The number of amides is 2. The number of likely N-dealkylation sites (tertiary alicyclic amines) is 1. The van der Waals surface area contributed by atoms with Crippen molar-refractivity contribution in [1.29, 1.82) is 0 Å². The van der Waals surface area contributed by atoms with Gasteiger partial charge < -0.3 is 15.0 Å². The molecule has 0 radical (unpaired) electrons. The summed E-state index contributed by atoms with van der Waals surface area (Å²) in [4.78, 5) is 27.1. The molecule has 7 nitrogen and oxygen atoms in total. The molecule has 2 aliphatic heterocycles. The van der Waals surface area contributed by atoms with Crippen LogP contribution in [0.1, 0.15) is 47.6 Å². The van der Waals surface area contributed by atoms with Crippen LogP contribution in [0.4, 0.5) is 5.82 Å². The van der Waals surface area contributed by atoms with Gasteiger partial charge in [-0.2, -0.15) is 5.10 Å². The van der Waals surface area contributed by atoms with E-state index in [0.29, 0.717) is 31.1 Å². The van der Waals surface area contributed by atoms with Gasteiger partial charge in [0.05, 0.1) is 12.2 Å². The molecule has 2 fully saturated rings. The van der Waals surface area contributed by atoms with Crippen molar-refractivity contribution < 1.29 is 14.3 Å². The first-order valence-corrected chi connectivity index (χ1v) is 9.94. The average molecular weight is 382 g/mol. The predicted molar refractivity (Wildman–Crippen MR) is 105 cm³/mol. The first-order valence-electron chi connectivity index (χ1n) is 9.94. The van der Waals surface area contributed by atoms with Crippen molar-refractivity contribution in [3.63, 3.8) is 0 Å². The number of aryl methyl sites for hydroxylation is 1. The molecule has 148 valence electrons. The quantitative estimate of drug-likeness (QED) is 0.882. The maximum absolute atomic E-state index is 12.6. The topological polar surface area (TPSA) is 76.5 Å². The van der Waals surface area contributed by atoms with Crippen molar-refractivity contribution in [3.05, 3.63) is 47.7 Å². The fraction of sp³-hybridized carbons (Fsp3) is 0.476. The number of aromatic nitrogens is 2. The average Bonchev–Trinajstić information content (AvgIpc) is 3.40. The summed E-state index contributed by atoms with van der Waals surface area (Å²) in [6.07, 6.45) is 4.86. The standard InChI is InChI=1S/C21H26N4O3/c1-15-5-2-3-6-17(15)20(26)23-19-8-11-22-25(19)16-9-12-24(13-10-16)21(27)18-7-4-14-28-18/h2-3,5-6,8,11,16,18H,4,7,9-10,12-14H2,1H3,(H,23,26)/t18-/m0/s1. The molecule has 2 saturated heterocycles. The number of rotatable bonds is 4. The lowest BCUT2D eigenvalue weighted by Gasteiger charge is -2.33. The summed E-state index contributed by atoms with van der Waals surface area (Å²) < 4.78 is 7.40. The van der Waals surface area contributed by atoms with Gasteiger partial charge in [-0.05, 0) is 44.2 Å². The van der Waals surface area contributed by atoms with Crippen LogP contribution in [0.2, 0.25) is 0 Å². The van der Waals surface area contributed by atoms with E-state index < -0.39 is 0 Å². The number of ether oxygens (including phenoxy) is 1. The van der Waals surface area contributed by atoms with Gasteiger partial charge in [-0.15, -0.1) is 0 Å². The lowest BCUT2D eigenvalue weighted by atomic mass is 10.0. The monoisotopic (exact) mass is 382 g/mol. The van der Waals surface area contributed by atoms with Crippen LogP contribution < -0.4 is 5.32 Å². The smallest absolute Gasteiger partial charge is 0.257 e. The SMILES string of the molecule is Cc1ccccc1C(=O)Nc1ccnn1C1CCN(C(=O)[C@@H]2CCCO2)CC1. The van der Waals surface area contributed by atoms with Gasteiger partial charge in [0.15, 0.2) is 0 Å². The van der Waals surface area contributed by atoms with E-state index in [1.165, 1.54) is 0 Å². The Morgan fingerprint density at radius 1 is 1.14 bits per heavy atom. The van der Waals surface area contributed by atoms with Gasteiger partial charge in [-0.1, -0.05) is 18.2 Å². The summed E-state index contributed by atoms with van der Waals surface area (Å²) in [5.74, 6) is 0.674. The van der Waals surface area contributed by atoms with Crippen LogP contribution in [0, 0.1) is 6.92 Å². The zero-order chi connectivity index (χ0) is 19.5. The number of anilines is 1. The first-order chi connectivity index (χ1) is 13.6. The van der Waals surface area contributed by atoms with Crippen LogP contribution in [0.15, 0.2) is 36.5 Å². The summed E-state index contributed by atoms with van der Waals surface area (Å²) in [6, 6.07) is 9.51. The third-order valence-electron chi connectivity index (χ3n) is 5.63. The highest BCUT2D eigenvalue weighted by Gasteiger charge is 2.32. The number of hydrogen-bond donors (Lipinski definition) is 1. The van der Waals surface area contributed by atoms with Gasteiger partial charge in [-0.25, -0.2) is 4.68 Å². The fourth-order valence-electron chi connectivity index (χ4n) is 4.02. The lowest BCUT2D eigenvalue weighted by Crippen LogP contribution is -2.44. The molecule has 3 heterocycles. The van der Waals surface area contributed by atoms with Crippen molar-refractivity contribution in [3.8, 4) is 0 Å². The second-order valence-electron chi connectivity index (χ2n) is 7.49. The summed E-state index contributed by atoms with van der Waals surface area (Å²) >= 11 is 0. The molecule has 1 N–H and O–H groups in total. The predicted octanol–water partition coefficient (Wildman–Crippen LogP) is 2.79. The number of nitrogens with one attached hydrogen (secondary N) is 1. The molecule has 4 rings (SSSR count). The van der Waals surface area contributed by atoms with Crippen molar-refractivity contribution in [1.82, 2.24) is 14.7 Å². The highest BCUT2D eigenvalue weighted by molar-refractivity contribution is 6.04. The lowest BCUT2D eigenvalue weighted by molar-refractivity contribution is -0.142. The molecule has 2 aromatic rings. The van der Waals surface area contributed by atoms with Gasteiger partial charge in [0, 0.05) is 31.3 Å². The summed E-state index contributed by atoms with van der Waals surface area (Å²) in [5, 5.41) is 7.41. The van der Waals surface area contributed by atoms with Crippen LogP contribution in [0.25, 0.3) is 0 Å². The molecule has 1 aromatic carbocycles. The largest absolute Gasteiger partial charge is 0.368 e. The molecule has 0 bridgehead atoms. The van der Waals surface area contributed by atoms with Gasteiger partial charge >= 0.3 is 0 Å². The van der Waals surface area contributed by atoms with Gasteiger partial charge in [0.25, 0.3) is 11.8 Å². The molecule has 2 amide bonds. The molecule has 28 heavy (non-hydrogen) atoms. The fourth-order valence-corrected chi connectivity index (χ4v) is 4.02. The number of piperidine rings is 1. The molecule has 0 saturated carbocycles. The third kappa shape index (κ3) is 3.80. The van der Waals surface area contributed by atoms with Crippen LogP contribution in [0.5, 0.6) is 0 Å². The van der Waals surface area contributed by atoms with E-state index >= 15 is 0 Å². The van der Waals surface area contributed by atoms with Crippen molar-refractivity contribution in [2.75, 3.05) is 25.0 Å². The van der Waals surface area contributed by atoms with Crippen molar-refractivity contribution in [2.45, 2.75) is 44.8 Å². The Morgan fingerprint density at radius 3 is 2.64 bits per heavy atom. The Labute approximate surface area is 164 Å². The van der Waals surface area contributed by atoms with Crippen LogP contribution in [-0.2, 0) is 9.53 Å². The van der Waals surface area contributed by atoms with Crippen molar-refractivity contribution in [2.24, 2.45) is 0 Å². The van der Waals surface area contributed by atoms with Crippen LogP contribution >= 0.6 is 0 Å². The molecule has 0 aliphatic carbocycles. The maximum atomic E-state index is 12.6. The second kappa shape index (κ2) is 8.14. The number of carbonyl (C=O) groups excluding carboxylic acids is 2. The van der Waals surface area contributed by atoms with Gasteiger partial charge in [-0.3, -0.25) is 9.59 Å². The van der Waals surface area contributed by atoms with Gasteiger partial charge in [0.1, 0.15) is 11.9 Å². The minimum atomic E-state index is -0.259. The van der Waals surface area contributed by atoms with E-state index in [0.717, 1.165) is 31.2 Å². The number of nitrogens with zero attached hydrogens (tertiary/aromatic N) is 3. The summed E-state index contributed by atoms with van der Waals surface area (Å²) in [7, 11) is 0. The van der Waals surface area contributed by atoms with E-state index in [1.807, 2.05) is 46.8 Å². The van der Waals surface area contributed by atoms with E-state index in [1.54, 1.807) is 6.20 Å². The molecule has 0 unspecified atom stereocenters. The minimum absolute atomic E-state index is 0.115. The highest BCUT2D eigenvalue weighted by atomic mass is 16.5. The van der Waals surface area contributed by atoms with Crippen LogP contribution in [0.3, 0.4) is 0 Å².